The van der Waals surface area contributed by atoms with Crippen molar-refractivity contribution >= 4 is 5.82 Å². The quantitative estimate of drug-likeness (QED) is 0.867. The van der Waals surface area contributed by atoms with Crippen molar-refractivity contribution in [3.8, 4) is 0 Å². The standard InChI is InChI=1S/C14H18N4/c1-18(10-7-12-5-8-16-9-6-12)11-13-3-2-4-14(15)17-13/h2-6,8-9H,7,10-11H2,1H3,(H2,15,17). The maximum atomic E-state index is 5.66. The van der Waals surface area contributed by atoms with Crippen LogP contribution < -0.4 is 5.73 Å². The second-order valence-electron chi connectivity index (χ2n) is 4.40. The Balaban J connectivity index is 1.84. The van der Waals surface area contributed by atoms with E-state index in [1.807, 2.05) is 36.7 Å². The monoisotopic (exact) mass is 242 g/mol. The highest BCUT2D eigenvalue weighted by molar-refractivity contribution is 5.28. The van der Waals surface area contributed by atoms with Crippen LogP contribution in [0.1, 0.15) is 11.3 Å². The van der Waals surface area contributed by atoms with Gasteiger partial charge in [0.1, 0.15) is 5.82 Å². The molecule has 0 aliphatic heterocycles. The first-order chi connectivity index (χ1) is 8.74. The zero-order valence-electron chi connectivity index (χ0n) is 10.6. The molecule has 0 aliphatic rings. The van der Waals surface area contributed by atoms with Gasteiger partial charge in [-0.1, -0.05) is 6.07 Å². The molecule has 2 aromatic rings. The fourth-order valence-electron chi connectivity index (χ4n) is 1.81. The number of pyridine rings is 2. The topological polar surface area (TPSA) is 55.0 Å². The molecule has 0 radical (unpaired) electrons. The third-order valence-electron chi connectivity index (χ3n) is 2.79. The summed E-state index contributed by atoms with van der Waals surface area (Å²) in [7, 11) is 2.09. The van der Waals surface area contributed by atoms with Gasteiger partial charge in [-0.05, 0) is 43.3 Å². The summed E-state index contributed by atoms with van der Waals surface area (Å²) < 4.78 is 0. The highest BCUT2D eigenvalue weighted by Gasteiger charge is 2.02. The molecule has 2 aromatic heterocycles. The summed E-state index contributed by atoms with van der Waals surface area (Å²) >= 11 is 0. The van der Waals surface area contributed by atoms with E-state index in [2.05, 4.69) is 21.9 Å². The Bertz CT molecular complexity index is 484. The lowest BCUT2D eigenvalue weighted by Gasteiger charge is -2.16. The number of aromatic nitrogens is 2. The van der Waals surface area contributed by atoms with Crippen molar-refractivity contribution in [3.63, 3.8) is 0 Å². The second kappa shape index (κ2) is 6.12. The van der Waals surface area contributed by atoms with E-state index in [9.17, 15) is 0 Å². The van der Waals surface area contributed by atoms with Crippen molar-refractivity contribution in [2.24, 2.45) is 0 Å². The van der Waals surface area contributed by atoms with E-state index < -0.39 is 0 Å². The first-order valence-corrected chi connectivity index (χ1v) is 6.03. The average Bonchev–Trinajstić information content (AvgIpc) is 2.38. The molecule has 0 bridgehead atoms. The molecule has 0 saturated carbocycles. The normalized spacial score (nSPS) is 10.8. The molecule has 4 nitrogen and oxygen atoms in total. The van der Waals surface area contributed by atoms with Gasteiger partial charge < -0.3 is 10.6 Å². The van der Waals surface area contributed by atoms with Crippen LogP contribution in [0.15, 0.2) is 42.7 Å². The summed E-state index contributed by atoms with van der Waals surface area (Å²) in [6, 6.07) is 9.84. The largest absolute Gasteiger partial charge is 0.384 e. The van der Waals surface area contributed by atoms with Crippen LogP contribution in [0.4, 0.5) is 5.82 Å². The number of rotatable bonds is 5. The Labute approximate surface area is 107 Å². The predicted molar refractivity (Wildman–Crippen MR) is 72.9 cm³/mol. The highest BCUT2D eigenvalue weighted by Crippen LogP contribution is 2.05. The summed E-state index contributed by atoms with van der Waals surface area (Å²) in [6.07, 6.45) is 4.67. The van der Waals surface area contributed by atoms with E-state index in [0.717, 1.165) is 25.2 Å². The molecule has 0 aromatic carbocycles. The summed E-state index contributed by atoms with van der Waals surface area (Å²) in [5.74, 6) is 0.579. The van der Waals surface area contributed by atoms with Crippen LogP contribution >= 0.6 is 0 Å². The van der Waals surface area contributed by atoms with Crippen LogP contribution in [-0.2, 0) is 13.0 Å². The maximum Gasteiger partial charge on any atom is 0.123 e. The molecular weight excluding hydrogens is 224 g/mol. The van der Waals surface area contributed by atoms with Gasteiger partial charge in [-0.25, -0.2) is 4.98 Å². The summed E-state index contributed by atoms with van der Waals surface area (Å²) in [4.78, 5) is 10.5. The fourth-order valence-corrected chi connectivity index (χ4v) is 1.81. The lowest BCUT2D eigenvalue weighted by Crippen LogP contribution is -2.21. The molecule has 2 N–H and O–H groups in total. The highest BCUT2D eigenvalue weighted by atomic mass is 15.1. The minimum atomic E-state index is 0.579. The molecule has 0 fully saturated rings. The molecule has 2 rings (SSSR count). The first-order valence-electron chi connectivity index (χ1n) is 6.03. The van der Waals surface area contributed by atoms with Gasteiger partial charge in [0.05, 0.1) is 5.69 Å². The van der Waals surface area contributed by atoms with Gasteiger partial charge in [-0.3, -0.25) is 4.98 Å². The maximum absolute atomic E-state index is 5.66. The Morgan fingerprint density at radius 1 is 1.17 bits per heavy atom. The van der Waals surface area contributed by atoms with E-state index in [1.165, 1.54) is 5.56 Å². The third kappa shape index (κ3) is 3.82. The zero-order valence-corrected chi connectivity index (χ0v) is 10.6. The zero-order chi connectivity index (χ0) is 12.8. The molecule has 18 heavy (non-hydrogen) atoms. The number of nitrogens with two attached hydrogens (primary N) is 1. The number of anilines is 1. The number of nitrogens with zero attached hydrogens (tertiary/aromatic N) is 3. The van der Waals surface area contributed by atoms with Crippen LogP contribution in [0.25, 0.3) is 0 Å². The van der Waals surface area contributed by atoms with Gasteiger partial charge in [0.25, 0.3) is 0 Å². The number of hydrogen-bond acceptors (Lipinski definition) is 4. The molecule has 0 unspecified atom stereocenters. The average molecular weight is 242 g/mol. The Morgan fingerprint density at radius 3 is 2.67 bits per heavy atom. The molecule has 0 aliphatic carbocycles. The predicted octanol–water partition coefficient (Wildman–Crippen LogP) is 1.73. The minimum Gasteiger partial charge on any atom is -0.384 e. The number of nitrogen functional groups attached to an aromatic ring is 1. The molecule has 0 saturated heterocycles. The molecule has 0 spiro atoms. The molecule has 4 heteroatoms. The van der Waals surface area contributed by atoms with Crippen molar-refractivity contribution in [2.75, 3.05) is 19.3 Å². The van der Waals surface area contributed by atoms with E-state index in [4.69, 9.17) is 5.73 Å². The Kier molecular flexibility index (Phi) is 4.25. The van der Waals surface area contributed by atoms with Gasteiger partial charge in [0.15, 0.2) is 0 Å². The summed E-state index contributed by atoms with van der Waals surface area (Å²) in [6.45, 7) is 1.80. The van der Waals surface area contributed by atoms with Crippen LogP contribution in [0, 0.1) is 0 Å². The van der Waals surface area contributed by atoms with Gasteiger partial charge in [-0.2, -0.15) is 0 Å². The second-order valence-corrected chi connectivity index (χ2v) is 4.40. The van der Waals surface area contributed by atoms with Gasteiger partial charge in [0.2, 0.25) is 0 Å². The molecule has 94 valence electrons. The first kappa shape index (κ1) is 12.5. The number of likely N-dealkylation sites (N-methyl/N-ethyl adjacent to an activating group) is 1. The van der Waals surface area contributed by atoms with Gasteiger partial charge in [0, 0.05) is 25.5 Å². The fraction of sp³-hybridized carbons (Fsp3) is 0.286. The molecule has 2 heterocycles. The van der Waals surface area contributed by atoms with Crippen molar-refractivity contribution in [3.05, 3.63) is 54.0 Å². The smallest absolute Gasteiger partial charge is 0.123 e. The van der Waals surface area contributed by atoms with E-state index >= 15 is 0 Å². The number of hydrogen-bond donors (Lipinski definition) is 1. The summed E-state index contributed by atoms with van der Waals surface area (Å²) in [5, 5.41) is 0. The lowest BCUT2D eigenvalue weighted by molar-refractivity contribution is 0.327. The Hall–Kier alpha value is -1.94. The third-order valence-corrected chi connectivity index (χ3v) is 2.79. The van der Waals surface area contributed by atoms with Crippen molar-refractivity contribution < 1.29 is 0 Å². The summed E-state index contributed by atoms with van der Waals surface area (Å²) in [5.41, 5.74) is 7.97. The Morgan fingerprint density at radius 2 is 1.94 bits per heavy atom. The molecular formula is C14H18N4. The van der Waals surface area contributed by atoms with E-state index in [-0.39, 0.29) is 0 Å². The van der Waals surface area contributed by atoms with Crippen LogP contribution in [0.5, 0.6) is 0 Å². The molecule has 0 amide bonds. The lowest BCUT2D eigenvalue weighted by atomic mass is 10.2. The van der Waals surface area contributed by atoms with E-state index in [1.54, 1.807) is 6.07 Å². The van der Waals surface area contributed by atoms with Crippen LogP contribution in [-0.4, -0.2) is 28.5 Å². The van der Waals surface area contributed by atoms with E-state index in [0.29, 0.717) is 5.82 Å². The SMILES string of the molecule is CN(CCc1ccncc1)Cc1cccc(N)n1. The van der Waals surface area contributed by atoms with Gasteiger partial charge in [-0.15, -0.1) is 0 Å². The van der Waals surface area contributed by atoms with Crippen molar-refractivity contribution in [1.29, 1.82) is 0 Å². The van der Waals surface area contributed by atoms with Crippen molar-refractivity contribution in [2.45, 2.75) is 13.0 Å². The van der Waals surface area contributed by atoms with Crippen molar-refractivity contribution in [1.82, 2.24) is 14.9 Å². The van der Waals surface area contributed by atoms with Gasteiger partial charge >= 0.3 is 0 Å². The minimum absolute atomic E-state index is 0.579. The molecule has 0 atom stereocenters. The van der Waals surface area contributed by atoms with Crippen LogP contribution in [0.3, 0.4) is 0 Å². The van der Waals surface area contributed by atoms with Crippen LogP contribution in [0.2, 0.25) is 0 Å².